The molecule has 0 saturated heterocycles. The number of benzene rings is 2. The Morgan fingerprint density at radius 3 is 2.59 bits per heavy atom. The van der Waals surface area contributed by atoms with Crippen LogP contribution in [0.15, 0.2) is 77.3 Å². The van der Waals surface area contributed by atoms with Gasteiger partial charge in [-0.3, -0.25) is 4.79 Å². The minimum Gasteiger partial charge on any atom is -0.335 e. The highest BCUT2D eigenvalue weighted by molar-refractivity contribution is 8.00. The number of hydrogen-bond acceptors (Lipinski definition) is 6. The van der Waals surface area contributed by atoms with Crippen LogP contribution in [0, 0.1) is 0 Å². The third-order valence-electron chi connectivity index (χ3n) is 4.33. The largest absolute Gasteiger partial charge is 0.335 e. The molecule has 1 atom stereocenters. The molecule has 2 heterocycles. The first-order chi connectivity index (χ1) is 14.1. The van der Waals surface area contributed by atoms with Gasteiger partial charge in [-0.05, 0) is 30.0 Å². The molecule has 0 saturated carbocycles. The van der Waals surface area contributed by atoms with Crippen molar-refractivity contribution in [2.75, 3.05) is 11.2 Å². The zero-order valence-corrected chi connectivity index (χ0v) is 17.3. The van der Waals surface area contributed by atoms with Crippen LogP contribution in [0.5, 0.6) is 0 Å². The molecule has 2 aromatic carbocycles. The quantitative estimate of drug-likeness (QED) is 0.353. The van der Waals surface area contributed by atoms with Crippen LogP contribution in [-0.2, 0) is 4.79 Å². The number of rotatable bonds is 6. The second kappa shape index (κ2) is 8.50. The lowest BCUT2D eigenvalue weighted by Crippen LogP contribution is -2.24. The summed E-state index contributed by atoms with van der Waals surface area (Å²) < 4.78 is 1.43. The molecule has 1 unspecified atom stereocenters. The zero-order valence-electron chi connectivity index (χ0n) is 15.6. The fourth-order valence-electron chi connectivity index (χ4n) is 2.84. The number of anilines is 1. The van der Waals surface area contributed by atoms with Crippen molar-refractivity contribution in [3.63, 3.8) is 0 Å². The van der Waals surface area contributed by atoms with Crippen LogP contribution >= 0.6 is 23.1 Å². The fraction of sp³-hybridized carbons (Fsp3) is 0.0952. The lowest BCUT2D eigenvalue weighted by Gasteiger charge is -2.14. The number of amides is 1. The molecule has 0 bridgehead atoms. The Morgan fingerprint density at radius 1 is 1.07 bits per heavy atom. The maximum Gasteiger partial charge on any atom is 0.237 e. The van der Waals surface area contributed by atoms with E-state index in [0.29, 0.717) is 11.0 Å². The number of aromatic nitrogens is 3. The van der Waals surface area contributed by atoms with E-state index in [1.807, 2.05) is 79.0 Å². The first-order valence-electron chi connectivity index (χ1n) is 9.00. The molecule has 1 amide bonds. The molecule has 0 aliphatic carbocycles. The lowest BCUT2D eigenvalue weighted by atomic mass is 10.0. The van der Waals surface area contributed by atoms with E-state index < -0.39 is 5.25 Å². The zero-order chi connectivity index (χ0) is 20.2. The van der Waals surface area contributed by atoms with E-state index in [-0.39, 0.29) is 5.91 Å². The summed E-state index contributed by atoms with van der Waals surface area (Å²) in [4.78, 5) is 13.8. The highest BCUT2D eigenvalue weighted by Gasteiger charge is 2.21. The van der Waals surface area contributed by atoms with Gasteiger partial charge >= 0.3 is 0 Å². The summed E-state index contributed by atoms with van der Waals surface area (Å²) in [6, 6.07) is 21.6. The van der Waals surface area contributed by atoms with Crippen LogP contribution < -0.4 is 11.2 Å². The Labute approximate surface area is 176 Å². The number of nitrogens with zero attached hydrogens (tertiary/aromatic N) is 3. The van der Waals surface area contributed by atoms with Crippen molar-refractivity contribution >= 4 is 34.7 Å². The topological polar surface area (TPSA) is 85.8 Å². The standard InChI is InChI=1S/C21H19N5OS2/c1-14(29-21-25-24-19(26(21)22)18-12-7-13-28-18)20(27)23-17-11-6-5-10-16(17)15-8-3-2-4-9-15/h2-14H,22H2,1H3,(H,23,27). The van der Waals surface area contributed by atoms with Crippen LogP contribution in [-0.4, -0.2) is 26.0 Å². The highest BCUT2D eigenvalue weighted by Crippen LogP contribution is 2.30. The molecular formula is C21H19N5OS2. The number of carbonyl (C=O) groups is 1. The highest BCUT2D eigenvalue weighted by atomic mass is 32.2. The summed E-state index contributed by atoms with van der Waals surface area (Å²) in [6.45, 7) is 1.82. The monoisotopic (exact) mass is 421 g/mol. The summed E-state index contributed by atoms with van der Waals surface area (Å²) in [7, 11) is 0. The van der Waals surface area contributed by atoms with Gasteiger partial charge < -0.3 is 11.2 Å². The van der Waals surface area contributed by atoms with E-state index in [2.05, 4.69) is 15.5 Å². The van der Waals surface area contributed by atoms with Crippen LogP contribution in [0.4, 0.5) is 5.69 Å². The van der Waals surface area contributed by atoms with E-state index in [0.717, 1.165) is 21.7 Å². The fourth-order valence-corrected chi connectivity index (χ4v) is 4.31. The van der Waals surface area contributed by atoms with Gasteiger partial charge in [-0.25, -0.2) is 4.68 Å². The van der Waals surface area contributed by atoms with Crippen LogP contribution in [0.3, 0.4) is 0 Å². The first-order valence-corrected chi connectivity index (χ1v) is 10.8. The molecule has 6 nitrogen and oxygen atoms in total. The summed E-state index contributed by atoms with van der Waals surface area (Å²) in [5, 5.41) is 13.4. The summed E-state index contributed by atoms with van der Waals surface area (Å²) in [5.41, 5.74) is 2.79. The van der Waals surface area contributed by atoms with Crippen molar-refractivity contribution in [2.45, 2.75) is 17.3 Å². The van der Waals surface area contributed by atoms with Gasteiger partial charge in [0.1, 0.15) is 0 Å². The Morgan fingerprint density at radius 2 is 1.83 bits per heavy atom. The van der Waals surface area contributed by atoms with E-state index in [4.69, 9.17) is 5.84 Å². The molecule has 0 aliphatic heterocycles. The predicted octanol–water partition coefficient (Wildman–Crippen LogP) is 4.51. The first kappa shape index (κ1) is 19.2. The summed E-state index contributed by atoms with van der Waals surface area (Å²) in [6.07, 6.45) is 0. The smallest absolute Gasteiger partial charge is 0.237 e. The van der Waals surface area contributed by atoms with E-state index >= 15 is 0 Å². The van der Waals surface area contributed by atoms with Gasteiger partial charge in [0, 0.05) is 11.3 Å². The van der Waals surface area contributed by atoms with Crippen molar-refractivity contribution in [2.24, 2.45) is 0 Å². The molecule has 2 aromatic heterocycles. The van der Waals surface area contributed by atoms with E-state index in [1.54, 1.807) is 0 Å². The Balaban J connectivity index is 1.49. The minimum absolute atomic E-state index is 0.126. The van der Waals surface area contributed by atoms with Crippen molar-refractivity contribution in [3.05, 3.63) is 72.1 Å². The minimum atomic E-state index is -0.401. The van der Waals surface area contributed by atoms with Crippen molar-refractivity contribution in [1.29, 1.82) is 0 Å². The number of carbonyl (C=O) groups excluding carboxylic acids is 1. The van der Waals surface area contributed by atoms with Crippen LogP contribution in [0.25, 0.3) is 21.8 Å². The maximum absolute atomic E-state index is 12.8. The van der Waals surface area contributed by atoms with E-state index in [9.17, 15) is 4.79 Å². The third-order valence-corrected chi connectivity index (χ3v) is 6.25. The average Bonchev–Trinajstić information content (AvgIpc) is 3.39. The Hall–Kier alpha value is -3.10. The second-order valence-electron chi connectivity index (χ2n) is 6.31. The molecule has 29 heavy (non-hydrogen) atoms. The number of thioether (sulfide) groups is 1. The lowest BCUT2D eigenvalue weighted by molar-refractivity contribution is -0.115. The number of thiophene rings is 1. The number of nitrogens with one attached hydrogen (secondary N) is 1. The van der Waals surface area contributed by atoms with Crippen molar-refractivity contribution in [1.82, 2.24) is 14.9 Å². The van der Waals surface area contributed by atoms with Gasteiger partial charge in [-0.1, -0.05) is 66.4 Å². The molecule has 4 rings (SSSR count). The number of nitrogens with two attached hydrogens (primary N) is 1. The van der Waals surface area contributed by atoms with Crippen LogP contribution in [0.1, 0.15) is 6.92 Å². The Kier molecular flexibility index (Phi) is 5.64. The maximum atomic E-state index is 12.8. The number of para-hydroxylation sites is 1. The van der Waals surface area contributed by atoms with Crippen LogP contribution in [0.2, 0.25) is 0 Å². The molecule has 4 aromatic rings. The van der Waals surface area contributed by atoms with Gasteiger partial charge in [0.15, 0.2) is 5.82 Å². The van der Waals surface area contributed by atoms with Gasteiger partial charge in [-0.2, -0.15) is 0 Å². The average molecular weight is 422 g/mol. The molecule has 3 N–H and O–H groups in total. The second-order valence-corrected chi connectivity index (χ2v) is 8.57. The number of nitrogen functional groups attached to an aromatic ring is 1. The third kappa shape index (κ3) is 4.18. The van der Waals surface area contributed by atoms with Gasteiger partial charge in [0.25, 0.3) is 0 Å². The summed E-state index contributed by atoms with van der Waals surface area (Å²) >= 11 is 2.81. The van der Waals surface area contributed by atoms with Crippen molar-refractivity contribution < 1.29 is 4.79 Å². The van der Waals surface area contributed by atoms with Gasteiger partial charge in [0.05, 0.1) is 10.1 Å². The van der Waals surface area contributed by atoms with E-state index in [1.165, 1.54) is 27.8 Å². The molecule has 0 radical (unpaired) electrons. The molecule has 8 heteroatoms. The van der Waals surface area contributed by atoms with Crippen molar-refractivity contribution in [3.8, 4) is 21.8 Å². The Bertz CT molecular complexity index is 1110. The molecular weight excluding hydrogens is 402 g/mol. The molecule has 0 aliphatic rings. The molecule has 0 spiro atoms. The van der Waals surface area contributed by atoms with Gasteiger partial charge in [-0.15, -0.1) is 21.5 Å². The summed E-state index contributed by atoms with van der Waals surface area (Å²) in [5.74, 6) is 6.60. The number of hydrogen-bond donors (Lipinski definition) is 2. The SMILES string of the molecule is CC(Sc1nnc(-c2cccs2)n1N)C(=O)Nc1ccccc1-c1ccccc1. The predicted molar refractivity (Wildman–Crippen MR) is 119 cm³/mol. The molecule has 146 valence electrons. The molecule has 0 fully saturated rings. The normalized spacial score (nSPS) is 11.9. The van der Waals surface area contributed by atoms with Gasteiger partial charge in [0.2, 0.25) is 11.1 Å².